The average molecular weight is 882 g/mol. The van der Waals surface area contributed by atoms with E-state index >= 15 is 0 Å². The van der Waals surface area contributed by atoms with Crippen LogP contribution >= 0.6 is 0 Å². The van der Waals surface area contributed by atoms with Gasteiger partial charge in [-0.15, -0.1) is 43.9 Å². The zero-order valence-electron chi connectivity index (χ0n) is 25.2. The fourth-order valence-electron chi connectivity index (χ4n) is 2.94. The number of ether oxygens (including phenoxy) is 7. The van der Waals surface area contributed by atoms with Crippen molar-refractivity contribution in [3.63, 3.8) is 0 Å². The highest BCUT2D eigenvalue weighted by molar-refractivity contribution is 4.95. The van der Waals surface area contributed by atoms with E-state index in [1.165, 1.54) is 0 Å². The largest absolute Gasteiger partial charge is 0.529 e. The molecule has 0 saturated carbocycles. The zero-order valence-corrected chi connectivity index (χ0v) is 25.2. The molecule has 1 saturated heterocycles. The highest BCUT2D eigenvalue weighted by atomic mass is 19.4. The maximum absolute atomic E-state index is 13.3. The van der Waals surface area contributed by atoms with Crippen LogP contribution in [0.4, 0.5) is 119 Å². The highest BCUT2D eigenvalue weighted by Crippen LogP contribution is 2.50. The van der Waals surface area contributed by atoms with Crippen LogP contribution in [-0.2, 0) is 33.2 Å². The van der Waals surface area contributed by atoms with Gasteiger partial charge in [0.1, 0.15) is 6.42 Å². The van der Waals surface area contributed by atoms with Crippen molar-refractivity contribution in [2.24, 2.45) is 0 Å². The number of hydrogen-bond acceptors (Lipinski definition) is 7. The summed E-state index contributed by atoms with van der Waals surface area (Å²) >= 11 is 0. The van der Waals surface area contributed by atoms with Crippen LogP contribution in [0.25, 0.3) is 0 Å². The molecule has 1 aliphatic rings. The van der Waals surface area contributed by atoms with Gasteiger partial charge in [0.15, 0.2) is 6.10 Å². The Morgan fingerprint density at radius 2 is 1.04 bits per heavy atom. The fourth-order valence-corrected chi connectivity index (χ4v) is 2.94. The molecule has 0 amide bonds. The lowest BCUT2D eigenvalue weighted by Crippen LogP contribution is -2.60. The Morgan fingerprint density at radius 1 is 0.611 bits per heavy atom. The van der Waals surface area contributed by atoms with Gasteiger partial charge in [0.25, 0.3) is 11.8 Å². The predicted octanol–water partition coefficient (Wildman–Crippen LogP) is 9.91. The predicted molar refractivity (Wildman–Crippen MR) is 110 cm³/mol. The molecule has 0 aromatic rings. The van der Waals surface area contributed by atoms with Crippen LogP contribution in [0.5, 0.6) is 0 Å². The minimum atomic E-state index is -6.60. The van der Waals surface area contributed by atoms with Crippen LogP contribution in [-0.4, -0.2) is 107 Å². The molecule has 1 rings (SSSR count). The van der Waals surface area contributed by atoms with Gasteiger partial charge in [-0.05, 0) is 0 Å². The summed E-state index contributed by atoms with van der Waals surface area (Å²) in [6.45, 7) is -2.22. The third-order valence-corrected chi connectivity index (χ3v) is 4.94. The SMILES string of the molecule is COC(F)(C(F)(F)F)C(F)(F)OC(F)(F)OC(F)(F)F.COCC(OC(F)(F)OC(F)(F)F)C(F)(F)F.FC(F)(F)CC(F)(F)CC1(F)OCCC1(F)F. The van der Waals surface area contributed by atoms with E-state index in [4.69, 9.17) is 0 Å². The van der Waals surface area contributed by atoms with Crippen molar-refractivity contribution in [3.05, 3.63) is 0 Å². The van der Waals surface area contributed by atoms with Gasteiger partial charge in [0.05, 0.1) is 19.6 Å². The molecular formula is C20H17F27O7. The van der Waals surface area contributed by atoms with Gasteiger partial charge in [-0.25, -0.2) is 31.4 Å². The zero-order chi connectivity index (χ0) is 44.1. The molecular weight excluding hydrogens is 865 g/mol. The Bertz CT molecular complexity index is 1130. The molecule has 328 valence electrons. The first kappa shape index (κ1) is 53.9. The van der Waals surface area contributed by atoms with Gasteiger partial charge < -0.3 is 14.2 Å². The molecule has 1 heterocycles. The van der Waals surface area contributed by atoms with Crippen LogP contribution in [0.15, 0.2) is 0 Å². The van der Waals surface area contributed by atoms with E-state index in [1.807, 2.05) is 4.74 Å². The Labute approximate surface area is 279 Å². The topological polar surface area (TPSA) is 64.6 Å². The lowest BCUT2D eigenvalue weighted by Gasteiger charge is -2.34. The lowest BCUT2D eigenvalue weighted by molar-refractivity contribution is -0.567. The number of halogens is 27. The van der Waals surface area contributed by atoms with Gasteiger partial charge in [-0.2, -0.15) is 57.4 Å². The lowest BCUT2D eigenvalue weighted by atomic mass is 10.0. The molecule has 1 fully saturated rings. The van der Waals surface area contributed by atoms with Crippen molar-refractivity contribution < 1.29 is 152 Å². The summed E-state index contributed by atoms with van der Waals surface area (Å²) in [5.74, 6) is -19.0. The number of hydrogen-bond donors (Lipinski definition) is 0. The summed E-state index contributed by atoms with van der Waals surface area (Å²) in [5, 5.41) is 0. The van der Waals surface area contributed by atoms with Crippen LogP contribution in [0, 0.1) is 0 Å². The Morgan fingerprint density at radius 3 is 1.33 bits per heavy atom. The van der Waals surface area contributed by atoms with E-state index < -0.39 is 112 Å². The standard InChI is InChI=1S/C8H8F8O.C6H3F11O3.C6H6F8O3/c9-5(10,4-8(14,15)16)3-7(13)6(11,12)1-2-17-7;1-18-2(7,3(8,9)10)4(11,12)19-6(16,17)20-5(13,14)15;1-15-2-3(4(7,8)9)16-6(13,14)17-5(10,11)12/h1-4H2;1H3;3H,2H2,1H3. The minimum Gasteiger partial charge on any atom is -0.382 e. The van der Waals surface area contributed by atoms with Crippen molar-refractivity contribution in [1.29, 1.82) is 0 Å². The van der Waals surface area contributed by atoms with Crippen molar-refractivity contribution in [1.82, 2.24) is 0 Å². The molecule has 54 heavy (non-hydrogen) atoms. The second-order valence-electron chi connectivity index (χ2n) is 9.40. The average Bonchev–Trinajstić information content (AvgIpc) is 3.07. The van der Waals surface area contributed by atoms with Gasteiger partial charge in [0.2, 0.25) is 0 Å². The first-order valence-corrected chi connectivity index (χ1v) is 12.3. The first-order chi connectivity index (χ1) is 23.2. The Hall–Kier alpha value is -2.17. The summed E-state index contributed by atoms with van der Waals surface area (Å²) < 4.78 is 346. The molecule has 0 radical (unpaired) electrons. The first-order valence-electron chi connectivity index (χ1n) is 12.3. The fraction of sp³-hybridized carbons (Fsp3) is 1.00. The van der Waals surface area contributed by atoms with Crippen LogP contribution in [0.3, 0.4) is 0 Å². The second kappa shape index (κ2) is 17.5. The molecule has 1 aliphatic heterocycles. The van der Waals surface area contributed by atoms with E-state index in [-0.39, 0.29) is 7.11 Å². The molecule has 0 aliphatic carbocycles. The van der Waals surface area contributed by atoms with E-state index in [0.29, 0.717) is 0 Å². The molecule has 0 N–H and O–H groups in total. The third-order valence-electron chi connectivity index (χ3n) is 4.94. The number of alkyl halides is 27. The van der Waals surface area contributed by atoms with E-state index in [1.54, 1.807) is 4.74 Å². The minimum absolute atomic E-state index is 0.298. The summed E-state index contributed by atoms with van der Waals surface area (Å²) in [6.07, 6.45) is -56.9. The maximum atomic E-state index is 13.3. The van der Waals surface area contributed by atoms with E-state index in [0.717, 1.165) is 7.11 Å². The molecule has 0 aromatic heterocycles. The highest BCUT2D eigenvalue weighted by Gasteiger charge is 2.77. The van der Waals surface area contributed by atoms with Gasteiger partial charge >= 0.3 is 61.7 Å². The number of methoxy groups -OCH3 is 2. The smallest absolute Gasteiger partial charge is 0.382 e. The normalized spacial score (nSPS) is 21.1. The summed E-state index contributed by atoms with van der Waals surface area (Å²) in [6, 6.07) is 0. The Balaban J connectivity index is 0. The number of rotatable bonds is 13. The van der Waals surface area contributed by atoms with Gasteiger partial charge in [0, 0.05) is 20.6 Å². The molecule has 0 spiro atoms. The molecule has 0 aromatic carbocycles. The van der Waals surface area contributed by atoms with Crippen LogP contribution < -0.4 is 0 Å². The summed E-state index contributed by atoms with van der Waals surface area (Å²) in [7, 11) is 0.429. The summed E-state index contributed by atoms with van der Waals surface area (Å²) in [5.41, 5.74) is 0. The van der Waals surface area contributed by atoms with Crippen LogP contribution in [0.1, 0.15) is 19.3 Å². The molecule has 7 nitrogen and oxygen atoms in total. The quantitative estimate of drug-likeness (QED) is 0.135. The molecule has 0 bridgehead atoms. The summed E-state index contributed by atoms with van der Waals surface area (Å²) in [4.78, 5) is 0. The molecule has 34 heteroatoms. The third kappa shape index (κ3) is 18.6. The van der Waals surface area contributed by atoms with E-state index in [9.17, 15) is 119 Å². The van der Waals surface area contributed by atoms with Crippen molar-refractivity contribution in [2.75, 3.05) is 27.4 Å². The van der Waals surface area contributed by atoms with Crippen molar-refractivity contribution in [2.45, 2.75) is 98.9 Å². The van der Waals surface area contributed by atoms with Crippen molar-refractivity contribution >= 4 is 0 Å². The van der Waals surface area contributed by atoms with Crippen LogP contribution in [0.2, 0.25) is 0 Å². The second-order valence-corrected chi connectivity index (χ2v) is 9.40. The molecule has 3 unspecified atom stereocenters. The van der Waals surface area contributed by atoms with Crippen molar-refractivity contribution in [3.8, 4) is 0 Å². The maximum Gasteiger partial charge on any atom is 0.529 e. The Kier molecular flexibility index (Phi) is 17.5. The molecule has 3 atom stereocenters. The van der Waals surface area contributed by atoms with E-state index in [2.05, 4.69) is 23.7 Å². The monoisotopic (exact) mass is 882 g/mol. The van der Waals surface area contributed by atoms with Gasteiger partial charge in [-0.3, -0.25) is 4.74 Å². The van der Waals surface area contributed by atoms with Gasteiger partial charge in [-0.1, -0.05) is 0 Å².